The molecule has 1 N–H and O–H groups in total. The van der Waals surface area contributed by atoms with Crippen molar-refractivity contribution in [3.05, 3.63) is 66.6 Å². The molecule has 136 valence electrons. The molecular formula is C20H16N8. The Bertz CT molecular complexity index is 1270. The van der Waals surface area contributed by atoms with Gasteiger partial charge < -0.3 is 4.90 Å². The second-order valence-corrected chi connectivity index (χ2v) is 6.51. The zero-order chi connectivity index (χ0) is 18.9. The van der Waals surface area contributed by atoms with E-state index >= 15 is 0 Å². The molecule has 5 rings (SSSR count). The Morgan fingerprint density at radius 3 is 2.75 bits per heavy atom. The van der Waals surface area contributed by atoms with E-state index in [0.29, 0.717) is 23.7 Å². The van der Waals surface area contributed by atoms with Crippen LogP contribution in [0.2, 0.25) is 0 Å². The SMILES string of the molecule is CN(Cc1ccccc1)c1nnc2cc(-c3ncnc4[nH]ncc34)ccc2n1. The van der Waals surface area contributed by atoms with E-state index < -0.39 is 0 Å². The molecule has 28 heavy (non-hydrogen) atoms. The number of H-pyrrole nitrogens is 1. The molecule has 0 aliphatic heterocycles. The molecule has 0 amide bonds. The lowest BCUT2D eigenvalue weighted by molar-refractivity contribution is 0.845. The summed E-state index contributed by atoms with van der Waals surface area (Å²) in [5.41, 5.74) is 5.11. The maximum Gasteiger partial charge on any atom is 0.245 e. The summed E-state index contributed by atoms with van der Waals surface area (Å²) in [6.45, 7) is 0.714. The highest BCUT2D eigenvalue weighted by Crippen LogP contribution is 2.26. The number of aromatic nitrogens is 7. The molecule has 0 atom stereocenters. The summed E-state index contributed by atoms with van der Waals surface area (Å²) in [5.74, 6) is 0.586. The molecule has 0 bridgehead atoms. The fourth-order valence-corrected chi connectivity index (χ4v) is 3.16. The van der Waals surface area contributed by atoms with E-state index in [1.54, 1.807) is 6.20 Å². The maximum absolute atomic E-state index is 4.66. The van der Waals surface area contributed by atoms with Crippen molar-refractivity contribution in [3.63, 3.8) is 0 Å². The first kappa shape index (κ1) is 16.2. The van der Waals surface area contributed by atoms with E-state index in [9.17, 15) is 0 Å². The maximum atomic E-state index is 4.66. The summed E-state index contributed by atoms with van der Waals surface area (Å²) in [6, 6.07) is 16.1. The van der Waals surface area contributed by atoms with Crippen molar-refractivity contribution in [1.82, 2.24) is 35.3 Å². The second-order valence-electron chi connectivity index (χ2n) is 6.51. The number of aromatic amines is 1. The fourth-order valence-electron chi connectivity index (χ4n) is 3.16. The molecule has 5 aromatic rings. The first-order valence-corrected chi connectivity index (χ1v) is 8.82. The average molecular weight is 368 g/mol. The van der Waals surface area contributed by atoms with Crippen LogP contribution < -0.4 is 4.90 Å². The largest absolute Gasteiger partial charge is 0.338 e. The standard InChI is InChI=1S/C20H16N8/c1-28(11-13-5-3-2-4-6-13)20-24-16-8-7-14(9-17(16)25-27-20)18-15-10-23-26-19(15)22-12-21-18/h2-10,12H,11H2,1H3,(H,21,22,23,26). The first-order valence-electron chi connectivity index (χ1n) is 8.82. The Kier molecular flexibility index (Phi) is 3.86. The molecule has 3 heterocycles. The van der Waals surface area contributed by atoms with Crippen molar-refractivity contribution in [2.24, 2.45) is 0 Å². The fraction of sp³-hybridized carbons (Fsp3) is 0.100. The highest BCUT2D eigenvalue weighted by Gasteiger charge is 2.11. The van der Waals surface area contributed by atoms with Crippen LogP contribution in [0.5, 0.6) is 0 Å². The summed E-state index contributed by atoms with van der Waals surface area (Å²) in [6.07, 6.45) is 3.24. The Balaban J connectivity index is 1.49. The Hall–Kier alpha value is -3.94. The van der Waals surface area contributed by atoms with Crippen molar-refractivity contribution in [1.29, 1.82) is 0 Å². The number of anilines is 1. The Labute approximate surface area is 160 Å². The van der Waals surface area contributed by atoms with Gasteiger partial charge >= 0.3 is 0 Å². The van der Waals surface area contributed by atoms with Gasteiger partial charge in [-0.3, -0.25) is 5.10 Å². The first-order chi connectivity index (χ1) is 13.8. The third kappa shape index (κ3) is 2.90. The normalized spacial score (nSPS) is 11.2. The molecule has 2 aromatic carbocycles. The lowest BCUT2D eigenvalue weighted by Crippen LogP contribution is -2.19. The van der Waals surface area contributed by atoms with Gasteiger partial charge in [0.05, 0.1) is 22.8 Å². The van der Waals surface area contributed by atoms with E-state index in [2.05, 4.69) is 47.5 Å². The predicted octanol–water partition coefficient (Wildman–Crippen LogP) is 2.99. The van der Waals surface area contributed by atoms with Gasteiger partial charge in [0, 0.05) is 19.2 Å². The molecule has 0 radical (unpaired) electrons. The van der Waals surface area contributed by atoms with Gasteiger partial charge in [0.2, 0.25) is 5.95 Å². The van der Waals surface area contributed by atoms with E-state index in [1.165, 1.54) is 11.9 Å². The van der Waals surface area contributed by atoms with Crippen molar-refractivity contribution in [2.45, 2.75) is 6.54 Å². The van der Waals surface area contributed by atoms with Gasteiger partial charge in [-0.05, 0) is 17.7 Å². The van der Waals surface area contributed by atoms with Gasteiger partial charge in [-0.15, -0.1) is 10.2 Å². The van der Waals surface area contributed by atoms with Gasteiger partial charge in [0.1, 0.15) is 11.8 Å². The second kappa shape index (κ2) is 6.66. The minimum absolute atomic E-state index is 0.586. The zero-order valence-electron chi connectivity index (χ0n) is 15.1. The molecule has 0 saturated carbocycles. The number of rotatable bonds is 4. The van der Waals surface area contributed by atoms with Crippen molar-refractivity contribution in [3.8, 4) is 11.3 Å². The number of nitrogens with zero attached hydrogens (tertiary/aromatic N) is 7. The lowest BCUT2D eigenvalue weighted by atomic mass is 10.1. The number of nitrogens with one attached hydrogen (secondary N) is 1. The minimum atomic E-state index is 0.586. The molecule has 0 aliphatic carbocycles. The van der Waals surface area contributed by atoms with E-state index in [0.717, 1.165) is 22.2 Å². The van der Waals surface area contributed by atoms with E-state index in [1.807, 2.05) is 48.3 Å². The van der Waals surface area contributed by atoms with Crippen LogP contribution in [0.1, 0.15) is 5.56 Å². The van der Waals surface area contributed by atoms with Crippen LogP contribution >= 0.6 is 0 Å². The van der Waals surface area contributed by atoms with Crippen LogP contribution in [0.15, 0.2) is 61.1 Å². The number of hydrogen-bond donors (Lipinski definition) is 1. The summed E-state index contributed by atoms with van der Waals surface area (Å²) < 4.78 is 0. The van der Waals surface area contributed by atoms with E-state index in [-0.39, 0.29) is 0 Å². The molecule has 0 aliphatic rings. The van der Waals surface area contributed by atoms with Crippen LogP contribution in [0.3, 0.4) is 0 Å². The van der Waals surface area contributed by atoms with Gasteiger partial charge in [0.15, 0.2) is 5.65 Å². The molecule has 0 spiro atoms. The van der Waals surface area contributed by atoms with Gasteiger partial charge in [0.25, 0.3) is 0 Å². The smallest absolute Gasteiger partial charge is 0.245 e. The van der Waals surface area contributed by atoms with Crippen LogP contribution in [0.25, 0.3) is 33.3 Å². The van der Waals surface area contributed by atoms with Crippen LogP contribution in [-0.4, -0.2) is 42.4 Å². The number of hydrogen-bond acceptors (Lipinski definition) is 7. The van der Waals surface area contributed by atoms with Gasteiger partial charge in [-0.25, -0.2) is 15.0 Å². The number of benzene rings is 2. The average Bonchev–Trinajstić information content (AvgIpc) is 3.22. The number of fused-ring (bicyclic) bond motifs is 2. The van der Waals surface area contributed by atoms with Crippen LogP contribution in [0.4, 0.5) is 5.95 Å². The van der Waals surface area contributed by atoms with Gasteiger partial charge in [-0.1, -0.05) is 36.4 Å². The van der Waals surface area contributed by atoms with Crippen molar-refractivity contribution >= 4 is 28.0 Å². The molecule has 3 aromatic heterocycles. The Morgan fingerprint density at radius 1 is 0.964 bits per heavy atom. The Morgan fingerprint density at radius 2 is 1.86 bits per heavy atom. The summed E-state index contributed by atoms with van der Waals surface area (Å²) in [5, 5.41) is 16.4. The lowest BCUT2D eigenvalue weighted by Gasteiger charge is -2.16. The van der Waals surface area contributed by atoms with Crippen molar-refractivity contribution < 1.29 is 0 Å². The van der Waals surface area contributed by atoms with E-state index in [4.69, 9.17) is 0 Å². The van der Waals surface area contributed by atoms with Crippen molar-refractivity contribution in [2.75, 3.05) is 11.9 Å². The third-order valence-corrected chi connectivity index (χ3v) is 4.57. The molecule has 0 fully saturated rings. The third-order valence-electron chi connectivity index (χ3n) is 4.57. The molecule has 0 unspecified atom stereocenters. The topological polar surface area (TPSA) is 96.4 Å². The summed E-state index contributed by atoms with van der Waals surface area (Å²) in [7, 11) is 1.96. The minimum Gasteiger partial charge on any atom is -0.338 e. The molecule has 8 nitrogen and oxygen atoms in total. The monoisotopic (exact) mass is 368 g/mol. The highest BCUT2D eigenvalue weighted by atomic mass is 15.3. The molecule has 0 saturated heterocycles. The van der Waals surface area contributed by atoms with Gasteiger partial charge in [-0.2, -0.15) is 5.10 Å². The zero-order valence-corrected chi connectivity index (χ0v) is 15.1. The van der Waals surface area contributed by atoms with Crippen LogP contribution in [-0.2, 0) is 6.54 Å². The molecule has 8 heteroatoms. The molecular weight excluding hydrogens is 352 g/mol. The quantitative estimate of drug-likeness (QED) is 0.521. The summed E-state index contributed by atoms with van der Waals surface area (Å²) >= 11 is 0. The highest BCUT2D eigenvalue weighted by molar-refractivity contribution is 5.92. The van der Waals surface area contributed by atoms with Crippen LogP contribution in [0, 0.1) is 0 Å². The summed E-state index contributed by atoms with van der Waals surface area (Å²) in [4.78, 5) is 15.2. The predicted molar refractivity (Wildman–Crippen MR) is 107 cm³/mol.